The van der Waals surface area contributed by atoms with E-state index in [1.54, 1.807) is 43.3 Å². The Balaban J connectivity index is 2.61. The van der Waals surface area contributed by atoms with Gasteiger partial charge in [0.15, 0.2) is 5.54 Å². The molecular formula is C22H22ClNO5S. The van der Waals surface area contributed by atoms with Gasteiger partial charge in [-0.1, -0.05) is 54.1 Å². The molecule has 0 fully saturated rings. The van der Waals surface area contributed by atoms with Gasteiger partial charge in [-0.25, -0.2) is 13.2 Å². The minimum atomic E-state index is -4.21. The molecule has 0 aliphatic heterocycles. The first-order valence-corrected chi connectivity index (χ1v) is 10.9. The first kappa shape index (κ1) is 23.5. The van der Waals surface area contributed by atoms with Crippen LogP contribution in [0.1, 0.15) is 18.1 Å². The zero-order valence-electron chi connectivity index (χ0n) is 16.6. The van der Waals surface area contributed by atoms with E-state index in [9.17, 15) is 18.0 Å². The lowest BCUT2D eigenvalue weighted by molar-refractivity contribution is -0.147. The maximum atomic E-state index is 13.0. The third-order valence-electron chi connectivity index (χ3n) is 4.25. The molecule has 2 rings (SSSR count). The number of hydrogen-bond acceptors (Lipinski definition) is 5. The van der Waals surface area contributed by atoms with E-state index in [0.717, 1.165) is 5.56 Å². The summed E-state index contributed by atoms with van der Waals surface area (Å²) >= 11 is 5.99. The molecule has 0 heterocycles. The summed E-state index contributed by atoms with van der Waals surface area (Å²) in [6.07, 6.45) is 3.02. The van der Waals surface area contributed by atoms with Gasteiger partial charge in [-0.3, -0.25) is 4.79 Å². The van der Waals surface area contributed by atoms with Gasteiger partial charge in [0.05, 0.1) is 11.5 Å². The average Bonchev–Trinajstić information content (AvgIpc) is 2.71. The number of esters is 1. The van der Waals surface area contributed by atoms with Crippen molar-refractivity contribution in [2.75, 3.05) is 6.61 Å². The summed E-state index contributed by atoms with van der Waals surface area (Å²) in [5.74, 6) is -0.976. The van der Waals surface area contributed by atoms with E-state index in [0.29, 0.717) is 16.9 Å². The van der Waals surface area contributed by atoms with Crippen LogP contribution in [0.25, 0.3) is 6.08 Å². The molecule has 0 saturated carbocycles. The van der Waals surface area contributed by atoms with Gasteiger partial charge >= 0.3 is 5.97 Å². The minimum Gasteiger partial charge on any atom is -0.464 e. The van der Waals surface area contributed by atoms with Crippen molar-refractivity contribution in [1.82, 2.24) is 4.72 Å². The Morgan fingerprint density at radius 1 is 1.23 bits per heavy atom. The Labute approximate surface area is 181 Å². The Morgan fingerprint density at radius 3 is 2.47 bits per heavy atom. The van der Waals surface area contributed by atoms with Crippen molar-refractivity contribution in [2.45, 2.75) is 24.3 Å². The number of ether oxygens (including phenoxy) is 1. The molecule has 0 unspecified atom stereocenters. The van der Waals surface area contributed by atoms with Gasteiger partial charge in [0.25, 0.3) is 0 Å². The number of rotatable bonds is 9. The molecule has 0 radical (unpaired) electrons. The Morgan fingerprint density at radius 2 is 1.90 bits per heavy atom. The molecule has 0 spiro atoms. The highest BCUT2D eigenvalue weighted by Gasteiger charge is 2.44. The van der Waals surface area contributed by atoms with Crippen molar-refractivity contribution in [3.63, 3.8) is 0 Å². The Hall–Kier alpha value is -2.74. The van der Waals surface area contributed by atoms with Gasteiger partial charge in [0, 0.05) is 10.6 Å². The van der Waals surface area contributed by atoms with Gasteiger partial charge in [-0.05, 0) is 49.8 Å². The lowest BCUT2D eigenvalue weighted by Crippen LogP contribution is -2.55. The monoisotopic (exact) mass is 447 g/mol. The van der Waals surface area contributed by atoms with Crippen LogP contribution >= 0.6 is 11.6 Å². The van der Waals surface area contributed by atoms with E-state index in [1.807, 2.05) is 6.92 Å². The van der Waals surface area contributed by atoms with Crippen molar-refractivity contribution in [3.05, 3.63) is 82.9 Å². The first-order valence-electron chi connectivity index (χ1n) is 9.02. The fourth-order valence-electron chi connectivity index (χ4n) is 2.61. The summed E-state index contributed by atoms with van der Waals surface area (Å²) in [7, 11) is -4.21. The first-order chi connectivity index (χ1) is 14.1. The van der Waals surface area contributed by atoms with Crippen molar-refractivity contribution in [2.24, 2.45) is 0 Å². The van der Waals surface area contributed by atoms with E-state index < -0.39 is 21.5 Å². The van der Waals surface area contributed by atoms with Gasteiger partial charge < -0.3 is 4.74 Å². The lowest BCUT2D eigenvalue weighted by atomic mass is 9.91. The average molecular weight is 448 g/mol. The highest BCUT2D eigenvalue weighted by atomic mass is 35.5. The van der Waals surface area contributed by atoms with Gasteiger partial charge in [0.1, 0.15) is 6.29 Å². The second-order valence-electron chi connectivity index (χ2n) is 6.48. The van der Waals surface area contributed by atoms with Crippen LogP contribution in [0.3, 0.4) is 0 Å². The molecule has 0 aliphatic rings. The zero-order valence-corrected chi connectivity index (χ0v) is 18.2. The van der Waals surface area contributed by atoms with Crippen LogP contribution in [0.5, 0.6) is 0 Å². The third kappa shape index (κ3) is 5.44. The summed E-state index contributed by atoms with van der Waals surface area (Å²) < 4.78 is 33.4. The molecule has 0 aliphatic carbocycles. The van der Waals surface area contributed by atoms with Crippen LogP contribution in [0, 0.1) is 6.92 Å². The van der Waals surface area contributed by atoms with Gasteiger partial charge in [0.2, 0.25) is 10.0 Å². The number of aryl methyl sites for hydroxylation is 1. The standard InChI is InChI=1S/C22H22ClNO5S/c1-4-29-21(26)22(17(3)15-25,13-12-18-6-5-7-19(23)14-18)24-30(27,28)20-10-8-16(2)9-11-20/h5-15,24H,3-4H2,1-2H3/b13-12+/t22-/m0/s1. The molecule has 2 aromatic rings. The number of benzene rings is 2. The van der Waals surface area contributed by atoms with Crippen molar-refractivity contribution >= 4 is 40.0 Å². The quantitative estimate of drug-likeness (QED) is 0.359. The van der Waals surface area contributed by atoms with Crippen LogP contribution in [0.4, 0.5) is 0 Å². The number of nitrogens with one attached hydrogen (secondary N) is 1. The molecule has 1 atom stereocenters. The molecule has 1 N–H and O–H groups in total. The molecule has 0 amide bonds. The lowest BCUT2D eigenvalue weighted by Gasteiger charge is -2.29. The van der Waals surface area contributed by atoms with Crippen LogP contribution < -0.4 is 4.72 Å². The fourth-order valence-corrected chi connectivity index (χ4v) is 4.12. The van der Waals surface area contributed by atoms with Crippen LogP contribution in [0.15, 0.2) is 71.7 Å². The molecule has 2 aromatic carbocycles. The molecule has 0 bridgehead atoms. The molecular weight excluding hydrogens is 426 g/mol. The molecule has 0 saturated heterocycles. The van der Waals surface area contributed by atoms with Crippen molar-refractivity contribution < 1.29 is 22.7 Å². The Kier molecular flexibility index (Phi) is 7.72. The van der Waals surface area contributed by atoms with Gasteiger partial charge in [-0.2, -0.15) is 4.72 Å². The van der Waals surface area contributed by atoms with Crippen LogP contribution in [-0.4, -0.2) is 32.8 Å². The molecule has 8 heteroatoms. The Bertz CT molecular complexity index is 1080. The largest absolute Gasteiger partial charge is 0.464 e. The molecule has 30 heavy (non-hydrogen) atoms. The number of sulfonamides is 1. The summed E-state index contributed by atoms with van der Waals surface area (Å²) in [6, 6.07) is 12.7. The fraction of sp³-hybridized carbons (Fsp3) is 0.182. The van der Waals surface area contributed by atoms with E-state index >= 15 is 0 Å². The summed E-state index contributed by atoms with van der Waals surface area (Å²) in [5.41, 5.74) is -1.01. The van der Waals surface area contributed by atoms with E-state index in [-0.39, 0.29) is 17.1 Å². The van der Waals surface area contributed by atoms with E-state index in [2.05, 4.69) is 11.3 Å². The van der Waals surface area contributed by atoms with Crippen molar-refractivity contribution in [3.8, 4) is 0 Å². The third-order valence-corrected chi connectivity index (χ3v) is 5.97. The molecule has 6 nitrogen and oxygen atoms in total. The van der Waals surface area contributed by atoms with Crippen LogP contribution in [0.2, 0.25) is 5.02 Å². The normalized spacial score (nSPS) is 13.6. The topological polar surface area (TPSA) is 89.5 Å². The van der Waals surface area contributed by atoms with E-state index in [1.165, 1.54) is 24.3 Å². The van der Waals surface area contributed by atoms with Crippen molar-refractivity contribution in [1.29, 1.82) is 0 Å². The predicted molar refractivity (Wildman–Crippen MR) is 117 cm³/mol. The van der Waals surface area contributed by atoms with E-state index in [4.69, 9.17) is 16.3 Å². The zero-order chi connectivity index (χ0) is 22.4. The number of carbonyl (C=O) groups is 2. The number of aldehydes is 1. The molecule has 0 aromatic heterocycles. The highest BCUT2D eigenvalue weighted by Crippen LogP contribution is 2.25. The second kappa shape index (κ2) is 9.84. The summed E-state index contributed by atoms with van der Waals surface area (Å²) in [6.45, 7) is 6.96. The maximum absolute atomic E-state index is 13.0. The second-order valence-corrected chi connectivity index (χ2v) is 8.60. The maximum Gasteiger partial charge on any atom is 0.336 e. The van der Waals surface area contributed by atoms with Gasteiger partial charge in [-0.15, -0.1) is 0 Å². The number of carbonyl (C=O) groups excluding carboxylic acids is 2. The number of halogens is 1. The van der Waals surface area contributed by atoms with Crippen LogP contribution in [-0.2, 0) is 24.3 Å². The minimum absolute atomic E-state index is 0.0238. The summed E-state index contributed by atoms with van der Waals surface area (Å²) in [4.78, 5) is 24.4. The SMILES string of the molecule is C=C(C=O)[C@](/C=C/c1cccc(Cl)c1)(NS(=O)(=O)c1ccc(C)cc1)C(=O)OCC. The predicted octanol–water partition coefficient (Wildman–Crippen LogP) is 3.70. The summed E-state index contributed by atoms with van der Waals surface area (Å²) in [5, 5.41) is 0.452. The highest BCUT2D eigenvalue weighted by molar-refractivity contribution is 7.89. The smallest absolute Gasteiger partial charge is 0.336 e. The number of hydrogen-bond donors (Lipinski definition) is 1. The molecule has 158 valence electrons.